The van der Waals surface area contributed by atoms with Gasteiger partial charge in [-0.05, 0) is 0 Å². The second-order valence-electron chi connectivity index (χ2n) is 0. The molecule has 28 valence electrons. The van der Waals surface area contributed by atoms with E-state index < -0.39 is 0 Å². The third kappa shape index (κ3) is 676. The molecule has 0 aromatic heterocycles. The number of nitrogens with zero attached hydrogens (tertiary/aromatic N) is 2. The summed E-state index contributed by atoms with van der Waals surface area (Å²) in [5, 5.41) is 0. The van der Waals surface area contributed by atoms with Crippen LogP contribution >= 0.6 is 0 Å². The molecule has 5 heteroatoms. The number of hydrogen-bond acceptors (Lipinski definition) is 2. The molecule has 0 saturated carbocycles. The van der Waals surface area contributed by atoms with E-state index in [-0.39, 0.29) is 17.1 Å². The zero-order valence-electron chi connectivity index (χ0n) is 2.06. The molecule has 0 radical (unpaired) electrons. The van der Waals surface area contributed by atoms with Crippen molar-refractivity contribution in [2.24, 2.45) is 0 Å². The molecule has 0 N–H and O–H groups in total. The summed E-state index contributed by atoms with van der Waals surface area (Å²) in [7, 11) is 0. The Kier molecular flexibility index (Phi) is 6690. The van der Waals surface area contributed by atoms with Crippen molar-refractivity contribution in [3.05, 3.63) is 0 Å². The van der Waals surface area contributed by atoms with E-state index in [0.29, 0.717) is 0 Å². The van der Waals surface area contributed by atoms with Crippen molar-refractivity contribution in [3.63, 3.8) is 0 Å². The van der Waals surface area contributed by atoms with Gasteiger partial charge in [0.15, 0.2) is 0 Å². The first-order valence-corrected chi connectivity index (χ1v) is 0.365. The van der Waals surface area contributed by atoms with E-state index in [2.05, 4.69) is 0 Å². The molecule has 0 amide bonds. The summed E-state index contributed by atoms with van der Waals surface area (Å²) >= 11 is 0. The summed E-state index contributed by atoms with van der Waals surface area (Å²) in [4.78, 5) is 0. The van der Waals surface area contributed by atoms with Crippen LogP contribution in [0.4, 0.5) is 0 Å². The van der Waals surface area contributed by atoms with Crippen LogP contribution in [0.1, 0.15) is 0 Å². The Morgan fingerprint density at radius 1 is 0.800 bits per heavy atom. The Labute approximate surface area is 38.4 Å². The summed E-state index contributed by atoms with van der Waals surface area (Å²) in [5.41, 5.74) is 11.5. The fourth-order valence-electron chi connectivity index (χ4n) is 0. The third-order valence-corrected chi connectivity index (χ3v) is 0. The first-order valence-electron chi connectivity index (χ1n) is 0.365. The predicted octanol–water partition coefficient (Wildman–Crippen LogP) is -0.210. The van der Waals surface area contributed by atoms with Crippen molar-refractivity contribution in [1.29, 1.82) is 10.9 Å². The van der Waals surface area contributed by atoms with Crippen LogP contribution in [-0.4, -0.2) is 0 Å². The minimum atomic E-state index is 0. The fourth-order valence-corrected chi connectivity index (χ4v) is 0. The molecular formula is FeN2O2+2. The van der Waals surface area contributed by atoms with Gasteiger partial charge in [-0.2, -0.15) is 0 Å². The Morgan fingerprint density at radius 2 is 0.800 bits per heavy atom. The molecule has 0 rings (SSSR count). The zero-order valence-corrected chi connectivity index (χ0v) is 3.17. The van der Waals surface area contributed by atoms with Gasteiger partial charge in [0.1, 0.15) is 0 Å². The van der Waals surface area contributed by atoms with Crippen LogP contribution in [0.3, 0.4) is 0 Å². The molecule has 0 aliphatic heterocycles. The molecule has 4 nitrogen and oxygen atoms in total. The van der Waals surface area contributed by atoms with Crippen molar-refractivity contribution in [1.82, 2.24) is 0 Å². The summed E-state index contributed by atoms with van der Waals surface area (Å²) < 4.78 is 14.5. The van der Waals surface area contributed by atoms with Gasteiger partial charge in [0, 0.05) is 17.1 Å². The van der Waals surface area contributed by atoms with Gasteiger partial charge in [0.25, 0.3) is 0 Å². The maximum atomic E-state index is 7.25. The predicted molar refractivity (Wildman–Crippen MR) is 4.82 cm³/mol. The molecule has 0 aromatic rings. The van der Waals surface area contributed by atoms with Crippen molar-refractivity contribution < 1.29 is 26.6 Å². The molecule has 0 aliphatic carbocycles. The molecule has 0 saturated heterocycles. The van der Waals surface area contributed by atoms with Crippen molar-refractivity contribution in [2.75, 3.05) is 0 Å². The average molecular weight is 116 g/mol. The largest absolute Gasteiger partial charge is 0 e. The van der Waals surface area contributed by atoms with Gasteiger partial charge >= 0.3 is 20.5 Å². The molecule has 0 fully saturated rings. The van der Waals surface area contributed by atoms with Crippen LogP contribution in [0.5, 0.6) is 0 Å². The Morgan fingerprint density at radius 3 is 0.800 bits per heavy atom. The van der Waals surface area contributed by atoms with E-state index in [9.17, 15) is 0 Å². The van der Waals surface area contributed by atoms with Crippen molar-refractivity contribution >= 4 is 0 Å². The standard InChI is InChI=1S/Fe.2NO/c;2*1-2/q;2*+1. The van der Waals surface area contributed by atoms with Gasteiger partial charge < -0.3 is 0 Å². The molecular weight excluding hydrogens is 116 g/mol. The van der Waals surface area contributed by atoms with Gasteiger partial charge in [0.05, 0.1) is 0 Å². The molecule has 0 bridgehead atoms. The van der Waals surface area contributed by atoms with Crippen LogP contribution in [0.2, 0.25) is 0 Å². The van der Waals surface area contributed by atoms with E-state index >= 15 is 0 Å². The zero-order chi connectivity index (χ0) is 4.00. The molecule has 0 atom stereocenters. The average Bonchev–Trinajstić information content (AvgIpc) is 1.50. The topological polar surface area (TPSA) is 87.4 Å². The minimum absolute atomic E-state index is 0. The summed E-state index contributed by atoms with van der Waals surface area (Å²) in [6.45, 7) is 0. The first kappa shape index (κ1) is 20.9. The summed E-state index contributed by atoms with van der Waals surface area (Å²) in [6, 6.07) is 0. The molecule has 0 aromatic carbocycles. The number of hydrogen-bond donors (Lipinski definition) is 0. The summed E-state index contributed by atoms with van der Waals surface area (Å²) in [5.74, 6) is 0. The maximum absolute atomic E-state index is 7.25. The normalized spacial score (nSPS) is 0.800. The first-order chi connectivity index (χ1) is 2.00. The molecule has 0 spiro atoms. The molecule has 5 heavy (non-hydrogen) atoms. The Hall–Kier alpha value is -0.141. The van der Waals surface area contributed by atoms with E-state index in [4.69, 9.17) is 20.5 Å². The third-order valence-electron chi connectivity index (χ3n) is 0. The number of rotatable bonds is 0. The molecule has 0 unspecified atom stereocenters. The Bertz CT molecular complexity index is 23.1. The summed E-state index contributed by atoms with van der Waals surface area (Å²) in [6.07, 6.45) is 0. The quantitative estimate of drug-likeness (QED) is 0.323. The van der Waals surface area contributed by atoms with Crippen molar-refractivity contribution in [2.45, 2.75) is 0 Å². The van der Waals surface area contributed by atoms with E-state index in [1.807, 2.05) is 0 Å². The van der Waals surface area contributed by atoms with Gasteiger partial charge in [-0.15, -0.1) is 0 Å². The molecule has 0 heterocycles. The van der Waals surface area contributed by atoms with Gasteiger partial charge in [0.2, 0.25) is 0 Å². The van der Waals surface area contributed by atoms with Crippen LogP contribution < -0.4 is 0 Å². The van der Waals surface area contributed by atoms with Crippen LogP contribution in [-0.2, 0) is 26.6 Å². The molecule has 0 aliphatic rings. The minimum Gasteiger partial charge on any atom is 0 e. The van der Waals surface area contributed by atoms with Gasteiger partial charge in [-0.3, -0.25) is 0 Å². The monoisotopic (exact) mass is 116 g/mol. The Balaban J connectivity index is -0.0000000133. The SMILES string of the molecule is N#[O+].N#[O+].[Fe]. The van der Waals surface area contributed by atoms with Crippen molar-refractivity contribution in [3.8, 4) is 0 Å². The van der Waals surface area contributed by atoms with Crippen LogP contribution in [0.15, 0.2) is 0 Å². The fraction of sp³-hybridized carbons (Fsp3) is 0. The van der Waals surface area contributed by atoms with Crippen LogP contribution in [0.25, 0.3) is 0 Å². The van der Waals surface area contributed by atoms with E-state index in [1.54, 1.807) is 0 Å². The smallest absolute Gasteiger partial charge is 0 e. The maximum Gasteiger partial charge on any atom is 0 e. The van der Waals surface area contributed by atoms with E-state index in [0.717, 1.165) is 0 Å². The van der Waals surface area contributed by atoms with Crippen LogP contribution in [0, 0.1) is 10.9 Å². The second-order valence-corrected chi connectivity index (χ2v) is 0. The van der Waals surface area contributed by atoms with Gasteiger partial charge in [-0.1, -0.05) is 0 Å². The second kappa shape index (κ2) is 1600. The van der Waals surface area contributed by atoms with E-state index in [1.165, 1.54) is 0 Å². The van der Waals surface area contributed by atoms with Gasteiger partial charge in [-0.25, -0.2) is 0 Å².